The Morgan fingerprint density at radius 2 is 2.15 bits per heavy atom. The highest BCUT2D eigenvalue weighted by Crippen LogP contribution is 2.36. The molecule has 3 heterocycles. The molecule has 7 heteroatoms. The maximum atomic E-state index is 12.7. The average Bonchev–Trinajstić information content (AvgIpc) is 3.23. The number of amides is 2. The predicted molar refractivity (Wildman–Crippen MR) is 107 cm³/mol. The van der Waals surface area contributed by atoms with Crippen LogP contribution in [0.3, 0.4) is 0 Å². The van der Waals surface area contributed by atoms with Crippen molar-refractivity contribution in [2.24, 2.45) is 5.92 Å². The van der Waals surface area contributed by atoms with E-state index in [1.807, 2.05) is 31.2 Å². The molecule has 1 aromatic heterocycles. The minimum atomic E-state index is -0.572. The van der Waals surface area contributed by atoms with Gasteiger partial charge in [0.2, 0.25) is 0 Å². The number of hydrogen-bond donors (Lipinski definition) is 1. The summed E-state index contributed by atoms with van der Waals surface area (Å²) in [6, 6.07) is 7.99. The Balaban J connectivity index is 1.61. The van der Waals surface area contributed by atoms with Crippen molar-refractivity contribution in [2.45, 2.75) is 38.2 Å². The van der Waals surface area contributed by atoms with Crippen LogP contribution in [0, 0.1) is 12.8 Å². The van der Waals surface area contributed by atoms with Crippen LogP contribution in [0.4, 0.5) is 5.82 Å². The third-order valence-electron chi connectivity index (χ3n) is 5.17. The number of aromatic nitrogens is 2. The van der Waals surface area contributed by atoms with Crippen LogP contribution in [0.2, 0.25) is 0 Å². The number of nitrogens with zero attached hydrogens (tertiary/aromatic N) is 3. The topological polar surface area (TPSA) is 67.2 Å². The molecule has 142 valence electrons. The number of carbonyl (C=O) groups excluding carboxylic acids is 2. The van der Waals surface area contributed by atoms with Crippen LogP contribution >= 0.6 is 11.8 Å². The second-order valence-corrected chi connectivity index (χ2v) is 8.46. The van der Waals surface area contributed by atoms with E-state index in [9.17, 15) is 9.59 Å². The normalized spacial score (nSPS) is 19.0. The van der Waals surface area contributed by atoms with E-state index in [4.69, 9.17) is 5.10 Å². The molecule has 0 aliphatic carbocycles. The SMILES string of the molecule is Cc1cccc(-n2nc3c(c2NC(=O)C(=O)N2CCC[C@H](C)C2)CSC3)c1. The molecule has 27 heavy (non-hydrogen) atoms. The van der Waals surface area contributed by atoms with Crippen LogP contribution in [-0.4, -0.2) is 39.6 Å². The Labute approximate surface area is 163 Å². The first-order valence-electron chi connectivity index (χ1n) is 9.38. The zero-order valence-corrected chi connectivity index (χ0v) is 16.5. The van der Waals surface area contributed by atoms with Gasteiger partial charge in [-0.15, -0.1) is 0 Å². The van der Waals surface area contributed by atoms with Crippen LogP contribution < -0.4 is 5.32 Å². The number of fused-ring (bicyclic) bond motifs is 1. The summed E-state index contributed by atoms with van der Waals surface area (Å²) in [6.07, 6.45) is 2.06. The summed E-state index contributed by atoms with van der Waals surface area (Å²) in [5.41, 5.74) is 4.02. The monoisotopic (exact) mass is 384 g/mol. The molecule has 0 saturated carbocycles. The van der Waals surface area contributed by atoms with Gasteiger partial charge in [-0.2, -0.15) is 16.9 Å². The van der Waals surface area contributed by atoms with E-state index in [-0.39, 0.29) is 0 Å². The van der Waals surface area contributed by atoms with Crippen molar-refractivity contribution in [3.63, 3.8) is 0 Å². The van der Waals surface area contributed by atoms with Crippen LogP contribution in [0.25, 0.3) is 5.69 Å². The number of aryl methyl sites for hydroxylation is 1. The molecule has 1 N–H and O–H groups in total. The van der Waals surface area contributed by atoms with Crippen molar-refractivity contribution in [3.8, 4) is 5.69 Å². The Kier molecular flexibility index (Phi) is 4.95. The lowest BCUT2D eigenvalue weighted by Gasteiger charge is -2.30. The van der Waals surface area contributed by atoms with E-state index in [0.29, 0.717) is 24.8 Å². The van der Waals surface area contributed by atoms with E-state index in [1.165, 1.54) is 0 Å². The molecule has 2 aliphatic rings. The number of thioether (sulfide) groups is 1. The third kappa shape index (κ3) is 3.60. The molecule has 0 unspecified atom stereocenters. The minimum absolute atomic E-state index is 0.439. The first-order chi connectivity index (χ1) is 13.0. The average molecular weight is 385 g/mol. The Morgan fingerprint density at radius 3 is 2.93 bits per heavy atom. The summed E-state index contributed by atoms with van der Waals surface area (Å²) in [6.45, 7) is 5.45. The van der Waals surface area contributed by atoms with E-state index in [0.717, 1.165) is 46.9 Å². The molecule has 4 rings (SSSR count). The zero-order valence-electron chi connectivity index (χ0n) is 15.7. The molecule has 2 aromatic rings. The Morgan fingerprint density at radius 1 is 1.30 bits per heavy atom. The molecular weight excluding hydrogens is 360 g/mol. The second kappa shape index (κ2) is 7.38. The summed E-state index contributed by atoms with van der Waals surface area (Å²) in [5, 5.41) is 7.57. The molecule has 1 atom stereocenters. The van der Waals surface area contributed by atoms with Gasteiger partial charge in [0.25, 0.3) is 0 Å². The highest BCUT2D eigenvalue weighted by Gasteiger charge is 2.30. The highest BCUT2D eigenvalue weighted by molar-refractivity contribution is 7.98. The first-order valence-corrected chi connectivity index (χ1v) is 10.5. The molecule has 1 fully saturated rings. The molecule has 0 bridgehead atoms. The minimum Gasteiger partial charge on any atom is -0.334 e. The van der Waals surface area contributed by atoms with Gasteiger partial charge in [0.05, 0.1) is 11.4 Å². The van der Waals surface area contributed by atoms with E-state index in [2.05, 4.69) is 12.2 Å². The van der Waals surface area contributed by atoms with E-state index < -0.39 is 11.8 Å². The van der Waals surface area contributed by atoms with Crippen LogP contribution in [-0.2, 0) is 21.1 Å². The largest absolute Gasteiger partial charge is 0.334 e. The number of anilines is 1. The van der Waals surface area contributed by atoms with E-state index in [1.54, 1.807) is 21.3 Å². The molecule has 6 nitrogen and oxygen atoms in total. The van der Waals surface area contributed by atoms with Gasteiger partial charge < -0.3 is 10.2 Å². The van der Waals surface area contributed by atoms with Crippen LogP contribution in [0.1, 0.15) is 36.6 Å². The molecule has 2 aliphatic heterocycles. The highest BCUT2D eigenvalue weighted by atomic mass is 32.2. The quantitative estimate of drug-likeness (QED) is 0.808. The number of rotatable bonds is 2. The summed E-state index contributed by atoms with van der Waals surface area (Å²) in [7, 11) is 0. The van der Waals surface area contributed by atoms with Crippen molar-refractivity contribution >= 4 is 29.4 Å². The third-order valence-corrected chi connectivity index (χ3v) is 6.14. The summed E-state index contributed by atoms with van der Waals surface area (Å²) in [5.74, 6) is 1.67. The fourth-order valence-corrected chi connectivity index (χ4v) is 4.80. The lowest BCUT2D eigenvalue weighted by molar-refractivity contribution is -0.144. The standard InChI is InChI=1S/C20H24N4O2S/c1-13-5-3-7-15(9-13)24-18(16-11-27-12-17(16)22-24)21-19(25)20(26)23-8-4-6-14(2)10-23/h3,5,7,9,14H,4,6,8,10-12H2,1-2H3,(H,21,25)/t14-/m0/s1. The lowest BCUT2D eigenvalue weighted by Crippen LogP contribution is -2.45. The number of carbonyl (C=O) groups is 2. The Bertz CT molecular complexity index is 892. The number of likely N-dealkylation sites (tertiary alicyclic amines) is 1. The summed E-state index contributed by atoms with van der Waals surface area (Å²) in [4.78, 5) is 27.0. The van der Waals surface area contributed by atoms with Gasteiger partial charge in [-0.05, 0) is 43.4 Å². The zero-order chi connectivity index (χ0) is 19.0. The number of hydrogen-bond acceptors (Lipinski definition) is 4. The molecule has 0 spiro atoms. The van der Waals surface area contributed by atoms with Crippen LogP contribution in [0.15, 0.2) is 24.3 Å². The summed E-state index contributed by atoms with van der Waals surface area (Å²) >= 11 is 1.77. The molecule has 0 radical (unpaired) electrons. The van der Waals surface area contributed by atoms with Gasteiger partial charge in [-0.1, -0.05) is 19.1 Å². The van der Waals surface area contributed by atoms with Crippen LogP contribution in [0.5, 0.6) is 0 Å². The molecule has 2 amide bonds. The Hall–Kier alpha value is -2.28. The number of benzene rings is 1. The molecule has 1 aromatic carbocycles. The van der Waals surface area contributed by atoms with Gasteiger partial charge in [0.15, 0.2) is 0 Å². The summed E-state index contributed by atoms with van der Waals surface area (Å²) < 4.78 is 1.77. The van der Waals surface area contributed by atoms with Gasteiger partial charge in [-0.3, -0.25) is 9.59 Å². The maximum Gasteiger partial charge on any atom is 0.315 e. The fraction of sp³-hybridized carbons (Fsp3) is 0.450. The van der Waals surface area contributed by atoms with Crippen molar-refractivity contribution in [1.29, 1.82) is 0 Å². The number of piperidine rings is 1. The van der Waals surface area contributed by atoms with Crippen molar-refractivity contribution < 1.29 is 9.59 Å². The van der Waals surface area contributed by atoms with Gasteiger partial charge in [-0.25, -0.2) is 4.68 Å². The van der Waals surface area contributed by atoms with Gasteiger partial charge in [0, 0.05) is 30.2 Å². The molecule has 1 saturated heterocycles. The van der Waals surface area contributed by atoms with E-state index >= 15 is 0 Å². The van der Waals surface area contributed by atoms with Crippen molar-refractivity contribution in [3.05, 3.63) is 41.1 Å². The number of nitrogens with one attached hydrogen (secondary N) is 1. The van der Waals surface area contributed by atoms with Crippen molar-refractivity contribution in [2.75, 3.05) is 18.4 Å². The maximum absolute atomic E-state index is 12.7. The second-order valence-electron chi connectivity index (χ2n) is 7.47. The van der Waals surface area contributed by atoms with Gasteiger partial charge >= 0.3 is 11.8 Å². The fourth-order valence-electron chi connectivity index (χ4n) is 3.77. The molecular formula is C20H24N4O2S. The predicted octanol–water partition coefficient (Wildman–Crippen LogP) is 3.12. The first kappa shape index (κ1) is 18.1. The smallest absolute Gasteiger partial charge is 0.315 e. The lowest BCUT2D eigenvalue weighted by atomic mass is 10.0. The van der Waals surface area contributed by atoms with Crippen molar-refractivity contribution in [1.82, 2.24) is 14.7 Å². The van der Waals surface area contributed by atoms with Gasteiger partial charge in [0.1, 0.15) is 5.82 Å².